The smallest absolute Gasteiger partial charge is 0.330 e. The summed E-state index contributed by atoms with van der Waals surface area (Å²) < 4.78 is 64.1. The number of halogens is 5. The molecule has 0 radical (unpaired) electrons. The highest BCUT2D eigenvalue weighted by atomic mass is 35.5. The number of nitrogens with zero attached hydrogens (tertiary/aromatic N) is 1. The minimum atomic E-state index is -4.57. The van der Waals surface area contributed by atoms with Gasteiger partial charge in [-0.25, -0.2) is 8.42 Å². The van der Waals surface area contributed by atoms with Crippen LogP contribution in [-0.4, -0.2) is 32.4 Å². The summed E-state index contributed by atoms with van der Waals surface area (Å²) in [6.45, 7) is 2.70. The van der Waals surface area contributed by atoms with E-state index < -0.39 is 26.8 Å². The number of hydrogen-bond acceptors (Lipinski definition) is 3. The van der Waals surface area contributed by atoms with Crippen LogP contribution < -0.4 is 5.73 Å². The first-order valence-electron chi connectivity index (χ1n) is 6.57. The third-order valence-electron chi connectivity index (χ3n) is 3.89. The Labute approximate surface area is 144 Å². The molecule has 0 aliphatic carbocycles. The van der Waals surface area contributed by atoms with Gasteiger partial charge in [0.15, 0.2) is 0 Å². The van der Waals surface area contributed by atoms with Crippen molar-refractivity contribution in [1.29, 1.82) is 0 Å². The maximum atomic E-state index is 12.6. The maximum Gasteiger partial charge on any atom is 0.416 e. The Morgan fingerprint density at radius 2 is 2.00 bits per heavy atom. The molecule has 132 valence electrons. The molecular weight excluding hydrogens is 376 g/mol. The van der Waals surface area contributed by atoms with Crippen molar-refractivity contribution < 1.29 is 21.6 Å². The third kappa shape index (κ3) is 4.11. The molecule has 0 amide bonds. The number of hydrogen-bond donors (Lipinski definition) is 1. The van der Waals surface area contributed by atoms with Gasteiger partial charge in [0, 0.05) is 13.1 Å². The zero-order valence-corrected chi connectivity index (χ0v) is 14.6. The average Bonchev–Trinajstić information content (AvgIpc) is 2.81. The van der Waals surface area contributed by atoms with Crippen molar-refractivity contribution in [3.8, 4) is 0 Å². The summed E-state index contributed by atoms with van der Waals surface area (Å²) in [4.78, 5) is -0.316. The number of nitrogens with two attached hydrogens (primary N) is 1. The first-order chi connectivity index (χ1) is 9.99. The molecule has 2 N–H and O–H groups in total. The van der Waals surface area contributed by atoms with Crippen LogP contribution in [0.15, 0.2) is 23.1 Å². The highest BCUT2D eigenvalue weighted by Crippen LogP contribution is 2.37. The SMILES string of the molecule is CC1(CN)CCN(S(=O)(=O)c2ccc(C(F)(F)F)cc2Cl)C1.Cl. The van der Waals surface area contributed by atoms with Gasteiger partial charge in [0.25, 0.3) is 0 Å². The molecule has 0 aromatic heterocycles. The first-order valence-corrected chi connectivity index (χ1v) is 8.38. The van der Waals surface area contributed by atoms with Gasteiger partial charge in [-0.2, -0.15) is 17.5 Å². The monoisotopic (exact) mass is 392 g/mol. The minimum absolute atomic E-state index is 0. The lowest BCUT2D eigenvalue weighted by molar-refractivity contribution is -0.137. The molecule has 1 saturated heterocycles. The van der Waals surface area contributed by atoms with E-state index in [0.717, 1.165) is 12.1 Å². The molecular formula is C13H17Cl2F3N2O2S. The Balaban J connectivity index is 0.00000264. The van der Waals surface area contributed by atoms with Crippen LogP contribution in [0, 0.1) is 5.41 Å². The van der Waals surface area contributed by atoms with Crippen molar-refractivity contribution in [1.82, 2.24) is 4.31 Å². The number of benzene rings is 1. The lowest BCUT2D eigenvalue weighted by Crippen LogP contribution is -2.34. The van der Waals surface area contributed by atoms with Gasteiger partial charge in [-0.3, -0.25) is 0 Å². The van der Waals surface area contributed by atoms with Gasteiger partial charge < -0.3 is 5.73 Å². The standard InChI is InChI=1S/C13H16ClF3N2O2S.ClH/c1-12(7-18)4-5-19(8-12)22(20,21)11-3-2-9(6-10(11)14)13(15,16)17;/h2-3,6H,4-5,7-8,18H2,1H3;1H. The van der Waals surface area contributed by atoms with E-state index in [9.17, 15) is 21.6 Å². The lowest BCUT2D eigenvalue weighted by Gasteiger charge is -2.22. The molecule has 1 aliphatic rings. The molecule has 2 rings (SSSR count). The molecule has 0 bridgehead atoms. The molecule has 1 heterocycles. The second-order valence-corrected chi connectivity index (χ2v) is 8.06. The highest BCUT2D eigenvalue weighted by Gasteiger charge is 2.40. The molecule has 0 saturated carbocycles. The summed E-state index contributed by atoms with van der Waals surface area (Å²) in [5, 5.41) is -0.434. The Kier molecular flexibility index (Phi) is 6.02. The predicted octanol–water partition coefficient (Wildman–Crippen LogP) is 3.14. The van der Waals surface area contributed by atoms with Crippen LogP contribution in [0.5, 0.6) is 0 Å². The Hall–Kier alpha value is -0.540. The summed E-state index contributed by atoms with van der Waals surface area (Å²) in [5.41, 5.74) is 4.33. The Bertz CT molecular complexity index is 682. The molecule has 1 aromatic rings. The van der Waals surface area contributed by atoms with E-state index in [-0.39, 0.29) is 35.8 Å². The van der Waals surface area contributed by atoms with Gasteiger partial charge in [-0.1, -0.05) is 18.5 Å². The Morgan fingerprint density at radius 1 is 1.39 bits per heavy atom. The summed E-state index contributed by atoms with van der Waals surface area (Å²) in [7, 11) is -3.93. The molecule has 1 unspecified atom stereocenters. The summed E-state index contributed by atoms with van der Waals surface area (Å²) in [6.07, 6.45) is -3.97. The van der Waals surface area contributed by atoms with E-state index >= 15 is 0 Å². The third-order valence-corrected chi connectivity index (χ3v) is 6.22. The maximum absolute atomic E-state index is 12.6. The molecule has 0 spiro atoms. The van der Waals surface area contributed by atoms with E-state index in [1.165, 1.54) is 4.31 Å². The van der Waals surface area contributed by atoms with Gasteiger partial charge in [-0.05, 0) is 36.6 Å². The molecule has 23 heavy (non-hydrogen) atoms. The van der Waals surface area contributed by atoms with E-state index in [4.69, 9.17) is 17.3 Å². The van der Waals surface area contributed by atoms with Crippen LogP contribution >= 0.6 is 24.0 Å². The van der Waals surface area contributed by atoms with Crippen molar-refractivity contribution >= 4 is 34.0 Å². The second-order valence-electron chi connectivity index (χ2n) is 5.75. The largest absolute Gasteiger partial charge is 0.416 e. The minimum Gasteiger partial charge on any atom is -0.330 e. The van der Waals surface area contributed by atoms with E-state index in [0.29, 0.717) is 19.0 Å². The van der Waals surface area contributed by atoms with Crippen LogP contribution in [-0.2, 0) is 16.2 Å². The van der Waals surface area contributed by atoms with Crippen molar-refractivity contribution in [2.24, 2.45) is 11.1 Å². The molecule has 4 nitrogen and oxygen atoms in total. The van der Waals surface area contributed by atoms with Crippen LogP contribution in [0.2, 0.25) is 5.02 Å². The summed E-state index contributed by atoms with van der Waals surface area (Å²) >= 11 is 5.77. The summed E-state index contributed by atoms with van der Waals surface area (Å²) in [6, 6.07) is 2.25. The Morgan fingerprint density at radius 3 is 2.43 bits per heavy atom. The first kappa shape index (κ1) is 20.5. The van der Waals surface area contributed by atoms with Crippen molar-refractivity contribution in [3.05, 3.63) is 28.8 Å². The average molecular weight is 393 g/mol. The number of rotatable bonds is 3. The second kappa shape index (κ2) is 6.76. The fourth-order valence-corrected chi connectivity index (χ4v) is 4.49. The molecule has 1 aromatic carbocycles. The van der Waals surface area contributed by atoms with Gasteiger partial charge in [0.1, 0.15) is 4.90 Å². The number of alkyl halides is 3. The fourth-order valence-electron chi connectivity index (χ4n) is 2.38. The number of sulfonamides is 1. The molecule has 1 atom stereocenters. The van der Waals surface area contributed by atoms with Gasteiger partial charge in [0.05, 0.1) is 10.6 Å². The van der Waals surface area contributed by atoms with Crippen LogP contribution in [0.25, 0.3) is 0 Å². The van der Waals surface area contributed by atoms with Crippen LogP contribution in [0.3, 0.4) is 0 Å². The van der Waals surface area contributed by atoms with Crippen molar-refractivity contribution in [3.63, 3.8) is 0 Å². The van der Waals surface area contributed by atoms with Crippen molar-refractivity contribution in [2.45, 2.75) is 24.4 Å². The molecule has 1 aliphatic heterocycles. The normalized spacial score (nSPS) is 22.9. The van der Waals surface area contributed by atoms with Crippen LogP contribution in [0.4, 0.5) is 13.2 Å². The van der Waals surface area contributed by atoms with E-state index in [1.807, 2.05) is 6.92 Å². The van der Waals surface area contributed by atoms with E-state index in [1.54, 1.807) is 0 Å². The van der Waals surface area contributed by atoms with E-state index in [2.05, 4.69) is 0 Å². The molecule has 1 fully saturated rings. The topological polar surface area (TPSA) is 63.4 Å². The zero-order chi connectivity index (χ0) is 16.8. The van der Waals surface area contributed by atoms with Gasteiger partial charge in [0.2, 0.25) is 10.0 Å². The van der Waals surface area contributed by atoms with Gasteiger partial charge in [-0.15, -0.1) is 12.4 Å². The fraction of sp³-hybridized carbons (Fsp3) is 0.538. The molecule has 10 heteroatoms. The lowest BCUT2D eigenvalue weighted by atomic mass is 9.90. The van der Waals surface area contributed by atoms with Gasteiger partial charge >= 0.3 is 6.18 Å². The predicted molar refractivity (Wildman–Crippen MR) is 84.2 cm³/mol. The summed E-state index contributed by atoms with van der Waals surface area (Å²) in [5.74, 6) is 0. The zero-order valence-electron chi connectivity index (χ0n) is 12.2. The van der Waals surface area contributed by atoms with Crippen molar-refractivity contribution in [2.75, 3.05) is 19.6 Å². The van der Waals surface area contributed by atoms with Crippen LogP contribution in [0.1, 0.15) is 18.9 Å². The highest BCUT2D eigenvalue weighted by molar-refractivity contribution is 7.89. The quantitative estimate of drug-likeness (QED) is 0.858.